The van der Waals surface area contributed by atoms with Crippen molar-refractivity contribution in [2.45, 2.75) is 19.8 Å². The van der Waals surface area contributed by atoms with Crippen molar-refractivity contribution in [2.24, 2.45) is 17.3 Å². The highest BCUT2D eigenvalue weighted by Gasteiger charge is 2.47. The van der Waals surface area contributed by atoms with E-state index in [-0.39, 0.29) is 0 Å². The van der Waals surface area contributed by atoms with E-state index >= 15 is 0 Å². The van der Waals surface area contributed by atoms with Crippen LogP contribution in [0.15, 0.2) is 12.2 Å². The molecule has 0 heterocycles. The summed E-state index contributed by atoms with van der Waals surface area (Å²) in [7, 11) is 6.92. The van der Waals surface area contributed by atoms with Gasteiger partial charge in [0.1, 0.15) is 0 Å². The molecule has 1 nitrogen and oxygen atoms in total. The van der Waals surface area contributed by atoms with Crippen molar-refractivity contribution in [3.63, 3.8) is 0 Å². The molecule has 0 aromatic rings. The van der Waals surface area contributed by atoms with Crippen LogP contribution in [0.3, 0.4) is 0 Å². The van der Waals surface area contributed by atoms with Crippen LogP contribution in [0, 0.1) is 17.3 Å². The van der Waals surface area contributed by atoms with Crippen molar-refractivity contribution in [3.05, 3.63) is 12.2 Å². The monoisotopic (exact) mass is 180 g/mol. The molecular weight excluding hydrogens is 158 g/mol. The first kappa shape index (κ1) is 9.26. The van der Waals surface area contributed by atoms with Crippen molar-refractivity contribution < 1.29 is 4.48 Å². The van der Waals surface area contributed by atoms with Gasteiger partial charge in [-0.25, -0.2) is 0 Å². The lowest BCUT2D eigenvalue weighted by Gasteiger charge is -2.38. The normalized spacial score (nSPS) is 43.1. The Balaban J connectivity index is 2.10. The highest BCUT2D eigenvalue weighted by molar-refractivity contribution is 5.14. The first-order chi connectivity index (χ1) is 5.89. The molecule has 0 N–H and O–H groups in total. The van der Waals surface area contributed by atoms with E-state index in [9.17, 15) is 0 Å². The fraction of sp³-hybridized carbons (Fsp3) is 0.833. The number of allylic oxidation sites excluding steroid dienone is 2. The summed E-state index contributed by atoms with van der Waals surface area (Å²) in [5.74, 6) is 1.77. The number of hydrogen-bond donors (Lipinski definition) is 0. The number of quaternary nitrogens is 1. The fourth-order valence-corrected chi connectivity index (χ4v) is 3.46. The molecule has 0 aromatic carbocycles. The Labute approximate surface area is 82.0 Å². The van der Waals surface area contributed by atoms with Crippen LogP contribution in [-0.4, -0.2) is 32.2 Å². The first-order valence-electron chi connectivity index (χ1n) is 5.38. The van der Waals surface area contributed by atoms with Crippen molar-refractivity contribution in [1.82, 2.24) is 0 Å². The van der Waals surface area contributed by atoms with E-state index in [4.69, 9.17) is 0 Å². The van der Waals surface area contributed by atoms with Crippen LogP contribution in [0.4, 0.5) is 0 Å². The SMILES string of the molecule is C[C@@]1(C[N+](C)(C)C)C[C@H]2C=C[C@H]1C2. The zero-order valence-electron chi connectivity index (χ0n) is 9.38. The van der Waals surface area contributed by atoms with Crippen LogP contribution in [0.5, 0.6) is 0 Å². The first-order valence-corrected chi connectivity index (χ1v) is 5.38. The summed E-state index contributed by atoms with van der Waals surface area (Å²) in [4.78, 5) is 0. The van der Waals surface area contributed by atoms with Gasteiger partial charge in [0.05, 0.1) is 27.7 Å². The van der Waals surface area contributed by atoms with Crippen LogP contribution in [0.2, 0.25) is 0 Å². The summed E-state index contributed by atoms with van der Waals surface area (Å²) in [5.41, 5.74) is 0.581. The summed E-state index contributed by atoms with van der Waals surface area (Å²) in [6, 6.07) is 0. The van der Waals surface area contributed by atoms with E-state index in [0.717, 1.165) is 16.3 Å². The zero-order chi connectivity index (χ0) is 9.69. The third kappa shape index (κ3) is 1.67. The van der Waals surface area contributed by atoms with Gasteiger partial charge in [0.15, 0.2) is 0 Å². The molecule has 2 aliphatic carbocycles. The minimum absolute atomic E-state index is 0.581. The van der Waals surface area contributed by atoms with E-state index in [2.05, 4.69) is 40.2 Å². The third-order valence-corrected chi connectivity index (χ3v) is 3.63. The molecule has 0 saturated heterocycles. The van der Waals surface area contributed by atoms with E-state index in [1.54, 1.807) is 0 Å². The Bertz CT molecular complexity index is 236. The molecule has 0 amide bonds. The summed E-state index contributed by atoms with van der Waals surface area (Å²) in [6.45, 7) is 3.79. The van der Waals surface area contributed by atoms with Crippen LogP contribution in [0.25, 0.3) is 0 Å². The van der Waals surface area contributed by atoms with Crippen molar-refractivity contribution in [1.29, 1.82) is 0 Å². The van der Waals surface area contributed by atoms with Gasteiger partial charge in [0, 0.05) is 5.41 Å². The minimum atomic E-state index is 0.581. The van der Waals surface area contributed by atoms with Gasteiger partial charge in [-0.1, -0.05) is 19.1 Å². The molecular formula is C12H22N+. The van der Waals surface area contributed by atoms with Gasteiger partial charge in [-0.05, 0) is 24.7 Å². The standard InChI is InChI=1S/C12H22N/c1-12(9-13(2,3)4)8-10-5-6-11(12)7-10/h5-6,10-11H,7-9H2,1-4H3/q+1/t10-,11-,12-/m0/s1. The van der Waals surface area contributed by atoms with Crippen LogP contribution < -0.4 is 0 Å². The smallest absolute Gasteiger partial charge is 0.0840 e. The maximum absolute atomic E-state index is 2.48. The van der Waals surface area contributed by atoms with E-state index in [0.29, 0.717) is 5.41 Å². The topological polar surface area (TPSA) is 0 Å². The molecule has 1 heteroatoms. The van der Waals surface area contributed by atoms with Gasteiger partial charge in [-0.2, -0.15) is 0 Å². The molecule has 1 saturated carbocycles. The second-order valence-electron chi connectivity index (χ2n) is 6.29. The van der Waals surface area contributed by atoms with Gasteiger partial charge in [-0.3, -0.25) is 0 Å². The predicted octanol–water partition coefficient (Wildman–Crippen LogP) is 2.29. The Morgan fingerprint density at radius 1 is 1.31 bits per heavy atom. The largest absolute Gasteiger partial charge is 0.330 e. The molecule has 0 spiro atoms. The summed E-state index contributed by atoms with van der Waals surface area (Å²) in [5, 5.41) is 0. The van der Waals surface area contributed by atoms with Crippen molar-refractivity contribution in [2.75, 3.05) is 27.7 Å². The van der Waals surface area contributed by atoms with E-state index < -0.39 is 0 Å². The molecule has 1 fully saturated rings. The zero-order valence-corrected chi connectivity index (χ0v) is 9.38. The van der Waals surface area contributed by atoms with Crippen molar-refractivity contribution >= 4 is 0 Å². The van der Waals surface area contributed by atoms with E-state index in [1.165, 1.54) is 19.4 Å². The fourth-order valence-electron chi connectivity index (χ4n) is 3.46. The molecule has 3 atom stereocenters. The molecule has 2 rings (SSSR count). The minimum Gasteiger partial charge on any atom is -0.330 e. The van der Waals surface area contributed by atoms with Gasteiger partial charge in [0.2, 0.25) is 0 Å². The third-order valence-electron chi connectivity index (χ3n) is 3.63. The molecule has 13 heavy (non-hydrogen) atoms. The van der Waals surface area contributed by atoms with Crippen LogP contribution >= 0.6 is 0 Å². The summed E-state index contributed by atoms with van der Waals surface area (Å²) >= 11 is 0. The molecule has 2 bridgehead atoms. The Morgan fingerprint density at radius 3 is 2.38 bits per heavy atom. The lowest BCUT2D eigenvalue weighted by atomic mass is 9.77. The summed E-state index contributed by atoms with van der Waals surface area (Å²) in [6.07, 6.45) is 7.74. The molecule has 0 aromatic heterocycles. The molecule has 74 valence electrons. The lowest BCUT2D eigenvalue weighted by molar-refractivity contribution is -0.877. The molecule has 0 unspecified atom stereocenters. The lowest BCUT2D eigenvalue weighted by Crippen LogP contribution is -2.45. The van der Waals surface area contributed by atoms with Gasteiger partial charge in [-0.15, -0.1) is 0 Å². The maximum atomic E-state index is 2.48. The highest BCUT2D eigenvalue weighted by atomic mass is 15.3. The van der Waals surface area contributed by atoms with Crippen LogP contribution in [0.1, 0.15) is 19.8 Å². The Morgan fingerprint density at radius 2 is 2.00 bits per heavy atom. The average Bonchev–Trinajstić information content (AvgIpc) is 2.39. The number of fused-ring (bicyclic) bond motifs is 2. The number of nitrogens with zero attached hydrogens (tertiary/aromatic N) is 1. The highest BCUT2D eigenvalue weighted by Crippen LogP contribution is 2.52. The van der Waals surface area contributed by atoms with Gasteiger partial charge >= 0.3 is 0 Å². The van der Waals surface area contributed by atoms with Crippen LogP contribution in [-0.2, 0) is 0 Å². The predicted molar refractivity (Wildman–Crippen MR) is 56.4 cm³/mol. The number of rotatable bonds is 2. The number of hydrogen-bond acceptors (Lipinski definition) is 0. The molecule has 0 aliphatic heterocycles. The summed E-state index contributed by atoms with van der Waals surface area (Å²) < 4.78 is 1.10. The Kier molecular flexibility index (Phi) is 1.85. The maximum Gasteiger partial charge on any atom is 0.0840 e. The quantitative estimate of drug-likeness (QED) is 0.452. The van der Waals surface area contributed by atoms with Crippen molar-refractivity contribution in [3.8, 4) is 0 Å². The van der Waals surface area contributed by atoms with Gasteiger partial charge < -0.3 is 4.48 Å². The average molecular weight is 180 g/mol. The second kappa shape index (κ2) is 2.60. The second-order valence-corrected chi connectivity index (χ2v) is 6.29. The molecule has 2 aliphatic rings. The van der Waals surface area contributed by atoms with E-state index in [1.807, 2.05) is 0 Å². The molecule has 0 radical (unpaired) electrons. The van der Waals surface area contributed by atoms with Gasteiger partial charge in [0.25, 0.3) is 0 Å². The Hall–Kier alpha value is -0.300.